The largest absolute Gasteiger partial charge is 0.355 e. The summed E-state index contributed by atoms with van der Waals surface area (Å²) in [6, 6.07) is 5.74. The predicted molar refractivity (Wildman–Crippen MR) is 72.8 cm³/mol. The smallest absolute Gasteiger partial charge is 0.233 e. The maximum Gasteiger partial charge on any atom is 0.233 e. The van der Waals surface area contributed by atoms with Crippen LogP contribution in [0.2, 0.25) is 0 Å². The Kier molecular flexibility index (Phi) is 4.63. The molecular formula is C13H17N5O. The Morgan fingerprint density at radius 1 is 1.42 bits per heavy atom. The monoisotopic (exact) mass is 259 g/mol. The first-order valence-electron chi connectivity index (χ1n) is 6.18. The molecule has 0 aliphatic heterocycles. The van der Waals surface area contributed by atoms with Crippen LogP contribution in [0.4, 0.5) is 0 Å². The van der Waals surface area contributed by atoms with Crippen LogP contribution in [0, 0.1) is 0 Å². The lowest BCUT2D eigenvalue weighted by Gasteiger charge is -2.04. The van der Waals surface area contributed by atoms with Crippen molar-refractivity contribution in [3.63, 3.8) is 0 Å². The zero-order chi connectivity index (χ0) is 13.5. The topological polar surface area (TPSA) is 71.3 Å². The van der Waals surface area contributed by atoms with Crippen molar-refractivity contribution in [3.05, 3.63) is 42.9 Å². The SMILES string of the molecule is C=CCNCC(=O)NCCc1nnc2ccccn12. The molecule has 2 aromatic rings. The molecule has 0 spiro atoms. The Bertz CT molecular complexity index is 563. The van der Waals surface area contributed by atoms with E-state index in [1.165, 1.54) is 0 Å². The van der Waals surface area contributed by atoms with Crippen molar-refractivity contribution < 1.29 is 4.79 Å². The van der Waals surface area contributed by atoms with Gasteiger partial charge >= 0.3 is 0 Å². The molecule has 2 rings (SSSR count). The van der Waals surface area contributed by atoms with E-state index in [9.17, 15) is 4.79 Å². The predicted octanol–water partition coefficient (Wildman–Crippen LogP) is 0.164. The van der Waals surface area contributed by atoms with E-state index in [4.69, 9.17) is 0 Å². The number of fused-ring (bicyclic) bond motifs is 1. The normalized spacial score (nSPS) is 10.5. The summed E-state index contributed by atoms with van der Waals surface area (Å²) in [6.07, 6.45) is 4.28. The van der Waals surface area contributed by atoms with Crippen molar-refractivity contribution in [1.29, 1.82) is 0 Å². The second kappa shape index (κ2) is 6.65. The first kappa shape index (κ1) is 13.2. The third-order valence-corrected chi connectivity index (χ3v) is 2.63. The number of pyridine rings is 1. The van der Waals surface area contributed by atoms with Crippen LogP contribution >= 0.6 is 0 Å². The zero-order valence-electron chi connectivity index (χ0n) is 10.7. The third kappa shape index (κ3) is 3.62. The van der Waals surface area contributed by atoms with E-state index in [-0.39, 0.29) is 5.91 Å². The van der Waals surface area contributed by atoms with E-state index >= 15 is 0 Å². The van der Waals surface area contributed by atoms with Crippen LogP contribution in [0.1, 0.15) is 5.82 Å². The lowest BCUT2D eigenvalue weighted by molar-refractivity contribution is -0.120. The minimum atomic E-state index is -0.0318. The molecule has 0 aliphatic rings. The molecule has 6 heteroatoms. The summed E-state index contributed by atoms with van der Waals surface area (Å²) in [4.78, 5) is 11.5. The van der Waals surface area contributed by atoms with Gasteiger partial charge in [0.05, 0.1) is 6.54 Å². The second-order valence-electron chi connectivity index (χ2n) is 4.06. The summed E-state index contributed by atoms with van der Waals surface area (Å²) in [5.74, 6) is 0.811. The fraction of sp³-hybridized carbons (Fsp3) is 0.308. The minimum Gasteiger partial charge on any atom is -0.355 e. The zero-order valence-corrected chi connectivity index (χ0v) is 10.7. The molecule has 2 N–H and O–H groups in total. The van der Waals surface area contributed by atoms with Gasteiger partial charge in [-0.3, -0.25) is 9.20 Å². The molecule has 6 nitrogen and oxygen atoms in total. The van der Waals surface area contributed by atoms with Gasteiger partial charge in [-0.25, -0.2) is 0 Å². The fourth-order valence-electron chi connectivity index (χ4n) is 1.73. The molecule has 0 saturated heterocycles. The van der Waals surface area contributed by atoms with Gasteiger partial charge in [0.2, 0.25) is 5.91 Å². The Hall–Kier alpha value is -2.21. The van der Waals surface area contributed by atoms with E-state index < -0.39 is 0 Å². The van der Waals surface area contributed by atoms with Crippen molar-refractivity contribution in [2.24, 2.45) is 0 Å². The summed E-state index contributed by atoms with van der Waals surface area (Å²) in [5.41, 5.74) is 0.816. The molecule has 0 saturated carbocycles. The Morgan fingerprint density at radius 3 is 3.16 bits per heavy atom. The van der Waals surface area contributed by atoms with Crippen LogP contribution in [0.5, 0.6) is 0 Å². The number of hydrogen-bond acceptors (Lipinski definition) is 4. The molecule has 19 heavy (non-hydrogen) atoms. The molecule has 0 fully saturated rings. The number of rotatable bonds is 7. The number of carbonyl (C=O) groups excluding carboxylic acids is 1. The van der Waals surface area contributed by atoms with E-state index in [0.29, 0.717) is 26.1 Å². The first-order chi connectivity index (χ1) is 9.31. The third-order valence-electron chi connectivity index (χ3n) is 2.63. The summed E-state index contributed by atoms with van der Waals surface area (Å²) in [6.45, 7) is 5.04. The van der Waals surface area contributed by atoms with Crippen molar-refractivity contribution >= 4 is 11.6 Å². The summed E-state index contributed by atoms with van der Waals surface area (Å²) >= 11 is 0. The highest BCUT2D eigenvalue weighted by molar-refractivity contribution is 5.77. The van der Waals surface area contributed by atoms with Crippen molar-refractivity contribution in [3.8, 4) is 0 Å². The van der Waals surface area contributed by atoms with Gasteiger partial charge < -0.3 is 10.6 Å². The van der Waals surface area contributed by atoms with Gasteiger partial charge in [0.25, 0.3) is 0 Å². The highest BCUT2D eigenvalue weighted by Gasteiger charge is 2.05. The number of hydrogen-bond donors (Lipinski definition) is 2. The molecule has 0 aliphatic carbocycles. The van der Waals surface area contributed by atoms with E-state index in [2.05, 4.69) is 27.4 Å². The van der Waals surface area contributed by atoms with E-state index in [1.54, 1.807) is 6.08 Å². The maximum atomic E-state index is 11.5. The molecule has 0 unspecified atom stereocenters. The molecule has 1 amide bonds. The van der Waals surface area contributed by atoms with Crippen molar-refractivity contribution in [2.75, 3.05) is 19.6 Å². The number of aromatic nitrogens is 3. The van der Waals surface area contributed by atoms with Crippen LogP contribution in [-0.2, 0) is 11.2 Å². The molecular weight excluding hydrogens is 242 g/mol. The first-order valence-corrected chi connectivity index (χ1v) is 6.18. The summed E-state index contributed by atoms with van der Waals surface area (Å²) < 4.78 is 1.92. The number of nitrogens with one attached hydrogen (secondary N) is 2. The summed E-state index contributed by atoms with van der Waals surface area (Å²) in [5, 5.41) is 13.9. The van der Waals surface area contributed by atoms with Gasteiger partial charge in [-0.05, 0) is 12.1 Å². The molecule has 0 radical (unpaired) electrons. The summed E-state index contributed by atoms with van der Waals surface area (Å²) in [7, 11) is 0. The maximum absolute atomic E-state index is 11.5. The standard InChI is InChI=1S/C13H17N5O/c1-2-7-14-10-13(19)15-8-6-12-17-16-11-5-3-4-9-18(11)12/h2-5,9,14H,1,6-8,10H2,(H,15,19). The van der Waals surface area contributed by atoms with E-state index in [1.807, 2.05) is 28.8 Å². The molecule has 0 bridgehead atoms. The van der Waals surface area contributed by atoms with Gasteiger partial charge in [-0.1, -0.05) is 12.1 Å². The molecule has 100 valence electrons. The number of nitrogens with zero attached hydrogens (tertiary/aromatic N) is 3. The molecule has 0 atom stereocenters. The average molecular weight is 259 g/mol. The quantitative estimate of drug-likeness (QED) is 0.549. The lowest BCUT2D eigenvalue weighted by atomic mass is 10.4. The highest BCUT2D eigenvalue weighted by atomic mass is 16.1. The van der Waals surface area contributed by atoms with Crippen LogP contribution in [0.15, 0.2) is 37.1 Å². The van der Waals surface area contributed by atoms with Crippen LogP contribution in [0.3, 0.4) is 0 Å². The minimum absolute atomic E-state index is 0.0318. The van der Waals surface area contributed by atoms with Crippen molar-refractivity contribution in [1.82, 2.24) is 25.2 Å². The molecule has 2 aromatic heterocycles. The molecule has 2 heterocycles. The van der Waals surface area contributed by atoms with Crippen LogP contribution in [-0.4, -0.2) is 40.1 Å². The fourth-order valence-corrected chi connectivity index (χ4v) is 1.73. The Morgan fingerprint density at radius 2 is 2.32 bits per heavy atom. The second-order valence-corrected chi connectivity index (χ2v) is 4.06. The van der Waals surface area contributed by atoms with Gasteiger partial charge in [-0.2, -0.15) is 0 Å². The van der Waals surface area contributed by atoms with E-state index in [0.717, 1.165) is 11.5 Å². The Balaban J connectivity index is 1.79. The van der Waals surface area contributed by atoms with Gasteiger partial charge in [0, 0.05) is 25.7 Å². The number of carbonyl (C=O) groups is 1. The lowest BCUT2D eigenvalue weighted by Crippen LogP contribution is -2.35. The van der Waals surface area contributed by atoms with Gasteiger partial charge in [-0.15, -0.1) is 16.8 Å². The van der Waals surface area contributed by atoms with Gasteiger partial charge in [0.1, 0.15) is 5.82 Å². The van der Waals surface area contributed by atoms with Gasteiger partial charge in [0.15, 0.2) is 5.65 Å². The highest BCUT2D eigenvalue weighted by Crippen LogP contribution is 2.02. The van der Waals surface area contributed by atoms with Crippen LogP contribution < -0.4 is 10.6 Å². The average Bonchev–Trinajstić information content (AvgIpc) is 2.83. The van der Waals surface area contributed by atoms with Crippen LogP contribution in [0.25, 0.3) is 5.65 Å². The van der Waals surface area contributed by atoms with Crippen molar-refractivity contribution in [2.45, 2.75) is 6.42 Å². The molecule has 0 aromatic carbocycles. The Labute approximate surface area is 111 Å². The number of amides is 1.